The molecule has 1 aromatic rings. The SMILES string of the molecule is CC1=CCC2COC(C[N+]3(Cc4ccccc4)CCCCC3)C1C2.[Cl-]. The Balaban J connectivity index is 0.00000182. The fraction of sp³-hybridized carbons (Fsp3) is 0.636. The van der Waals surface area contributed by atoms with Gasteiger partial charge < -0.3 is 21.6 Å². The first-order valence-corrected chi connectivity index (χ1v) is 9.91. The van der Waals surface area contributed by atoms with Crippen molar-refractivity contribution in [3.63, 3.8) is 0 Å². The van der Waals surface area contributed by atoms with Crippen LogP contribution in [0.4, 0.5) is 0 Å². The van der Waals surface area contributed by atoms with Gasteiger partial charge in [-0.2, -0.15) is 0 Å². The van der Waals surface area contributed by atoms with Crippen molar-refractivity contribution in [1.82, 2.24) is 0 Å². The third kappa shape index (κ3) is 4.30. The standard InChI is InChI=1S/C22H32NO.ClH/c1-18-10-11-20-14-21(18)22(24-17-20)16-23(12-6-3-7-13-23)15-19-8-4-2-5-9-19;/h2,4-5,8-10,20-22H,3,6-7,11-17H2,1H3;1H/q+1;/p-1. The van der Waals surface area contributed by atoms with Gasteiger partial charge in [-0.3, -0.25) is 0 Å². The lowest BCUT2D eigenvalue weighted by Crippen LogP contribution is -3.00. The number of halogens is 1. The summed E-state index contributed by atoms with van der Waals surface area (Å²) in [7, 11) is 0. The van der Waals surface area contributed by atoms with Crippen molar-refractivity contribution in [2.45, 2.75) is 51.7 Å². The second-order valence-corrected chi connectivity index (χ2v) is 8.44. The van der Waals surface area contributed by atoms with Crippen LogP contribution in [0.3, 0.4) is 0 Å². The van der Waals surface area contributed by atoms with Crippen LogP contribution in [0.15, 0.2) is 42.0 Å². The lowest BCUT2D eigenvalue weighted by atomic mass is 9.76. The molecular formula is C22H32ClNO. The molecule has 0 radical (unpaired) electrons. The van der Waals surface area contributed by atoms with Gasteiger partial charge in [-0.1, -0.05) is 42.0 Å². The van der Waals surface area contributed by atoms with Gasteiger partial charge in [0.25, 0.3) is 0 Å². The maximum absolute atomic E-state index is 6.42. The molecule has 1 aliphatic carbocycles. The molecule has 2 nitrogen and oxygen atoms in total. The van der Waals surface area contributed by atoms with Crippen LogP contribution >= 0.6 is 0 Å². The van der Waals surface area contributed by atoms with Crippen molar-refractivity contribution in [2.24, 2.45) is 11.8 Å². The number of nitrogens with zero attached hydrogens (tertiary/aromatic N) is 1. The van der Waals surface area contributed by atoms with Gasteiger partial charge in [0.1, 0.15) is 19.2 Å². The van der Waals surface area contributed by atoms with Crippen LogP contribution < -0.4 is 12.4 Å². The number of benzene rings is 1. The van der Waals surface area contributed by atoms with Crippen LogP contribution in [0, 0.1) is 11.8 Å². The van der Waals surface area contributed by atoms with E-state index in [9.17, 15) is 0 Å². The van der Waals surface area contributed by atoms with Crippen LogP contribution in [-0.4, -0.2) is 36.8 Å². The van der Waals surface area contributed by atoms with E-state index in [1.54, 1.807) is 5.57 Å². The molecule has 25 heavy (non-hydrogen) atoms. The van der Waals surface area contributed by atoms with Gasteiger partial charge in [-0.15, -0.1) is 0 Å². The molecular weight excluding hydrogens is 330 g/mol. The summed E-state index contributed by atoms with van der Waals surface area (Å²) in [5.41, 5.74) is 3.08. The smallest absolute Gasteiger partial charge is 0.113 e. The van der Waals surface area contributed by atoms with Crippen molar-refractivity contribution in [2.75, 3.05) is 26.2 Å². The highest BCUT2D eigenvalue weighted by Gasteiger charge is 2.41. The van der Waals surface area contributed by atoms with Gasteiger partial charge in [0, 0.05) is 11.5 Å². The van der Waals surface area contributed by atoms with E-state index in [4.69, 9.17) is 4.74 Å². The Hall–Kier alpha value is -0.830. The molecule has 3 atom stereocenters. The number of likely N-dealkylation sites (tertiary alicyclic amines) is 1. The molecule has 2 fully saturated rings. The second-order valence-electron chi connectivity index (χ2n) is 8.44. The zero-order valence-corrected chi connectivity index (χ0v) is 16.3. The first-order valence-electron chi connectivity index (χ1n) is 9.91. The number of hydrogen-bond donors (Lipinski definition) is 0. The molecule has 0 amide bonds. The number of rotatable bonds is 4. The van der Waals surface area contributed by atoms with E-state index in [1.165, 1.54) is 68.3 Å². The first-order chi connectivity index (χ1) is 11.7. The molecule has 2 bridgehead atoms. The van der Waals surface area contributed by atoms with Crippen LogP contribution in [0.1, 0.15) is 44.6 Å². The monoisotopic (exact) mass is 361 g/mol. The number of allylic oxidation sites excluding steroid dienone is 1. The predicted octanol–water partition coefficient (Wildman–Crippen LogP) is 1.56. The van der Waals surface area contributed by atoms with Gasteiger partial charge in [0.2, 0.25) is 0 Å². The fourth-order valence-corrected chi connectivity index (χ4v) is 5.22. The summed E-state index contributed by atoms with van der Waals surface area (Å²) in [6.45, 7) is 8.36. The highest BCUT2D eigenvalue weighted by molar-refractivity contribution is 5.14. The van der Waals surface area contributed by atoms with Crippen LogP contribution in [0.5, 0.6) is 0 Å². The summed E-state index contributed by atoms with van der Waals surface area (Å²) < 4.78 is 7.66. The maximum atomic E-state index is 6.42. The number of quaternary nitrogens is 1. The van der Waals surface area contributed by atoms with E-state index in [2.05, 4.69) is 43.3 Å². The van der Waals surface area contributed by atoms with Gasteiger partial charge in [0.15, 0.2) is 0 Å². The average Bonchev–Trinajstić information content (AvgIpc) is 2.62. The average molecular weight is 362 g/mol. The minimum atomic E-state index is 0. The third-order valence-corrected chi connectivity index (χ3v) is 6.63. The van der Waals surface area contributed by atoms with Crippen molar-refractivity contribution in [1.29, 1.82) is 0 Å². The van der Waals surface area contributed by atoms with Crippen molar-refractivity contribution >= 4 is 0 Å². The molecule has 4 rings (SSSR count). The van der Waals surface area contributed by atoms with Gasteiger partial charge >= 0.3 is 0 Å². The highest BCUT2D eigenvalue weighted by atomic mass is 35.5. The largest absolute Gasteiger partial charge is 1.00 e. The quantitative estimate of drug-likeness (QED) is 0.584. The lowest BCUT2D eigenvalue weighted by molar-refractivity contribution is -0.948. The predicted molar refractivity (Wildman–Crippen MR) is 98.6 cm³/mol. The van der Waals surface area contributed by atoms with E-state index < -0.39 is 0 Å². The van der Waals surface area contributed by atoms with Gasteiger partial charge in [-0.05, 0) is 44.9 Å². The Labute approximate surface area is 159 Å². The number of ether oxygens (including phenoxy) is 1. The Kier molecular flexibility index (Phi) is 6.25. The molecule has 2 saturated heterocycles. The van der Waals surface area contributed by atoms with Gasteiger partial charge in [0.05, 0.1) is 19.7 Å². The van der Waals surface area contributed by atoms with Crippen LogP contribution in [0.2, 0.25) is 0 Å². The van der Waals surface area contributed by atoms with E-state index in [-0.39, 0.29) is 12.4 Å². The minimum absolute atomic E-state index is 0. The molecule has 2 aliphatic heterocycles. The van der Waals surface area contributed by atoms with E-state index in [0.29, 0.717) is 12.0 Å². The summed E-state index contributed by atoms with van der Waals surface area (Å²) in [5.74, 6) is 1.45. The zero-order chi connectivity index (χ0) is 16.4. The van der Waals surface area contributed by atoms with E-state index in [0.717, 1.165) is 12.5 Å². The van der Waals surface area contributed by atoms with Crippen LogP contribution in [-0.2, 0) is 11.3 Å². The lowest BCUT2D eigenvalue weighted by Gasteiger charge is -2.47. The second kappa shape index (κ2) is 8.24. The highest BCUT2D eigenvalue weighted by Crippen LogP contribution is 2.38. The van der Waals surface area contributed by atoms with Crippen molar-refractivity contribution in [3.05, 3.63) is 47.5 Å². The molecule has 1 aromatic carbocycles. The zero-order valence-electron chi connectivity index (χ0n) is 15.5. The molecule has 0 spiro atoms. The Bertz CT molecular complexity index is 579. The summed E-state index contributed by atoms with van der Waals surface area (Å²) in [6.07, 6.45) is 9.68. The first kappa shape index (κ1) is 18.9. The van der Waals surface area contributed by atoms with Crippen LogP contribution in [0.25, 0.3) is 0 Å². The summed E-state index contributed by atoms with van der Waals surface area (Å²) in [4.78, 5) is 0. The van der Waals surface area contributed by atoms with E-state index >= 15 is 0 Å². The number of piperidine rings is 1. The molecule has 0 saturated carbocycles. The van der Waals surface area contributed by atoms with Crippen molar-refractivity contribution in [3.8, 4) is 0 Å². The number of fused-ring (bicyclic) bond motifs is 2. The summed E-state index contributed by atoms with van der Waals surface area (Å²) in [5, 5.41) is 0. The molecule has 0 N–H and O–H groups in total. The normalized spacial score (nSPS) is 30.9. The minimum Gasteiger partial charge on any atom is -1.00 e. The molecule has 3 unspecified atom stereocenters. The summed E-state index contributed by atoms with van der Waals surface area (Å²) >= 11 is 0. The van der Waals surface area contributed by atoms with Crippen molar-refractivity contribution < 1.29 is 21.6 Å². The topological polar surface area (TPSA) is 9.23 Å². The Morgan fingerprint density at radius 3 is 2.60 bits per heavy atom. The molecule has 0 aromatic heterocycles. The Morgan fingerprint density at radius 1 is 1.08 bits per heavy atom. The molecule has 3 aliphatic rings. The van der Waals surface area contributed by atoms with Gasteiger partial charge in [-0.25, -0.2) is 0 Å². The number of hydrogen-bond acceptors (Lipinski definition) is 1. The Morgan fingerprint density at radius 2 is 1.84 bits per heavy atom. The molecule has 138 valence electrons. The summed E-state index contributed by atoms with van der Waals surface area (Å²) in [6, 6.07) is 11.1. The van der Waals surface area contributed by atoms with E-state index in [1.807, 2.05) is 0 Å². The molecule has 3 heteroatoms. The maximum Gasteiger partial charge on any atom is 0.113 e. The fourth-order valence-electron chi connectivity index (χ4n) is 5.22. The third-order valence-electron chi connectivity index (χ3n) is 6.63. The molecule has 2 heterocycles.